The van der Waals surface area contributed by atoms with E-state index in [2.05, 4.69) is 30.7 Å². The highest BCUT2D eigenvalue weighted by molar-refractivity contribution is 6.16. The van der Waals surface area contributed by atoms with Crippen LogP contribution >= 0.6 is 11.6 Å². The van der Waals surface area contributed by atoms with Gasteiger partial charge in [-0.25, -0.2) is 9.97 Å². The molecule has 0 saturated heterocycles. The van der Waals surface area contributed by atoms with Crippen LogP contribution in [0.1, 0.15) is 37.9 Å². The van der Waals surface area contributed by atoms with Crippen LogP contribution in [0.5, 0.6) is 0 Å². The molecule has 1 rings (SSSR count). The molecule has 0 bridgehead atoms. The molecule has 0 spiro atoms. The van der Waals surface area contributed by atoms with Gasteiger partial charge in [-0.2, -0.15) is 0 Å². The number of aromatic nitrogens is 2. The summed E-state index contributed by atoms with van der Waals surface area (Å²) in [6.07, 6.45) is 2.74. The van der Waals surface area contributed by atoms with Crippen molar-refractivity contribution in [2.24, 2.45) is 5.41 Å². The first-order valence-corrected chi connectivity index (χ1v) is 5.33. The molecule has 0 fully saturated rings. The predicted molar refractivity (Wildman–Crippen MR) is 59.5 cm³/mol. The van der Waals surface area contributed by atoms with Crippen molar-refractivity contribution < 1.29 is 0 Å². The Labute approximate surface area is 90.7 Å². The summed E-state index contributed by atoms with van der Waals surface area (Å²) in [4.78, 5) is 8.74. The van der Waals surface area contributed by atoms with E-state index in [1.807, 2.05) is 13.1 Å². The van der Waals surface area contributed by atoms with E-state index in [9.17, 15) is 0 Å². The van der Waals surface area contributed by atoms with E-state index in [1.54, 1.807) is 0 Å². The summed E-state index contributed by atoms with van der Waals surface area (Å²) in [5, 5.41) is 0. The number of nitrogens with zero attached hydrogens (tertiary/aromatic N) is 2. The quantitative estimate of drug-likeness (QED) is 0.704. The van der Waals surface area contributed by atoms with Crippen LogP contribution in [0.25, 0.3) is 0 Å². The van der Waals surface area contributed by atoms with Crippen molar-refractivity contribution in [3.05, 3.63) is 23.3 Å². The lowest BCUT2D eigenvalue weighted by Crippen LogP contribution is -2.13. The lowest BCUT2D eigenvalue weighted by Gasteiger charge is -2.17. The summed E-state index contributed by atoms with van der Waals surface area (Å²) in [5.41, 5.74) is 2.23. The second-order valence-electron chi connectivity index (χ2n) is 4.79. The monoisotopic (exact) mass is 212 g/mol. The molecule has 1 heterocycles. The van der Waals surface area contributed by atoms with Gasteiger partial charge >= 0.3 is 0 Å². The van der Waals surface area contributed by atoms with E-state index in [0.717, 1.165) is 23.5 Å². The summed E-state index contributed by atoms with van der Waals surface area (Å²) in [5.74, 6) is 1.35. The highest BCUT2D eigenvalue weighted by atomic mass is 35.5. The van der Waals surface area contributed by atoms with Gasteiger partial charge in [0.05, 0.1) is 11.6 Å². The highest BCUT2D eigenvalue weighted by Gasteiger charge is 2.14. The molecule has 0 radical (unpaired) electrons. The van der Waals surface area contributed by atoms with E-state index < -0.39 is 0 Å². The number of halogens is 1. The molecule has 0 saturated carbocycles. The second-order valence-corrected chi connectivity index (χ2v) is 5.05. The third-order valence-corrected chi connectivity index (χ3v) is 2.19. The van der Waals surface area contributed by atoms with Crippen LogP contribution in [-0.2, 0) is 12.3 Å². The van der Waals surface area contributed by atoms with Crippen LogP contribution in [0.4, 0.5) is 0 Å². The Kier molecular flexibility index (Phi) is 3.48. The number of rotatable bonds is 2. The van der Waals surface area contributed by atoms with Crippen LogP contribution in [0.2, 0.25) is 0 Å². The molecule has 0 aliphatic heterocycles. The van der Waals surface area contributed by atoms with E-state index in [0.29, 0.717) is 5.88 Å². The average molecular weight is 213 g/mol. The van der Waals surface area contributed by atoms with Crippen LogP contribution in [0.3, 0.4) is 0 Å². The first-order valence-electron chi connectivity index (χ1n) is 4.80. The summed E-state index contributed by atoms with van der Waals surface area (Å²) in [6.45, 7) is 8.52. The Morgan fingerprint density at radius 2 is 2.00 bits per heavy atom. The molecule has 1 aromatic heterocycles. The van der Waals surface area contributed by atoms with Crippen LogP contribution in [0.15, 0.2) is 6.20 Å². The van der Waals surface area contributed by atoms with Crippen molar-refractivity contribution in [1.82, 2.24) is 9.97 Å². The number of hydrogen-bond donors (Lipinski definition) is 0. The Morgan fingerprint density at radius 3 is 2.50 bits per heavy atom. The molecule has 0 unspecified atom stereocenters. The number of aryl methyl sites for hydroxylation is 1. The van der Waals surface area contributed by atoms with Crippen molar-refractivity contribution in [2.75, 3.05) is 0 Å². The zero-order valence-electron chi connectivity index (χ0n) is 9.26. The maximum atomic E-state index is 5.79. The van der Waals surface area contributed by atoms with Crippen molar-refractivity contribution >= 4 is 11.6 Å². The van der Waals surface area contributed by atoms with Gasteiger partial charge < -0.3 is 0 Å². The Balaban J connectivity index is 2.90. The van der Waals surface area contributed by atoms with Crippen LogP contribution < -0.4 is 0 Å². The molecular formula is C11H17ClN2. The molecule has 2 nitrogen and oxygen atoms in total. The molecule has 0 N–H and O–H groups in total. The van der Waals surface area contributed by atoms with Crippen molar-refractivity contribution in [3.8, 4) is 0 Å². The van der Waals surface area contributed by atoms with Crippen molar-refractivity contribution in [2.45, 2.75) is 40.0 Å². The molecule has 14 heavy (non-hydrogen) atoms. The van der Waals surface area contributed by atoms with E-state index >= 15 is 0 Å². The summed E-state index contributed by atoms with van der Waals surface area (Å²) in [6, 6.07) is 0. The van der Waals surface area contributed by atoms with Gasteiger partial charge in [-0.15, -0.1) is 11.6 Å². The summed E-state index contributed by atoms with van der Waals surface area (Å²) >= 11 is 5.79. The number of alkyl halides is 1. The van der Waals surface area contributed by atoms with Gasteiger partial charge in [0.1, 0.15) is 5.82 Å². The summed E-state index contributed by atoms with van der Waals surface area (Å²) < 4.78 is 0. The fraction of sp³-hybridized carbons (Fsp3) is 0.636. The fourth-order valence-corrected chi connectivity index (χ4v) is 1.48. The van der Waals surface area contributed by atoms with Gasteiger partial charge in [-0.3, -0.25) is 0 Å². The van der Waals surface area contributed by atoms with Crippen molar-refractivity contribution in [3.63, 3.8) is 0 Å². The summed E-state index contributed by atoms with van der Waals surface area (Å²) in [7, 11) is 0. The molecule has 0 atom stereocenters. The topological polar surface area (TPSA) is 25.8 Å². The standard InChI is InChI=1S/C11H17ClN2/c1-8-7-13-10(5-11(2,3)4)14-9(8)6-12/h7H,5-6H2,1-4H3. The molecular weight excluding hydrogens is 196 g/mol. The van der Waals surface area contributed by atoms with E-state index in [4.69, 9.17) is 11.6 Å². The first-order chi connectivity index (χ1) is 6.42. The van der Waals surface area contributed by atoms with E-state index in [1.165, 1.54) is 0 Å². The largest absolute Gasteiger partial charge is 0.241 e. The van der Waals surface area contributed by atoms with Crippen molar-refractivity contribution in [1.29, 1.82) is 0 Å². The maximum Gasteiger partial charge on any atom is 0.129 e. The van der Waals surface area contributed by atoms with Gasteiger partial charge in [0, 0.05) is 12.6 Å². The smallest absolute Gasteiger partial charge is 0.129 e. The Morgan fingerprint density at radius 1 is 1.36 bits per heavy atom. The maximum absolute atomic E-state index is 5.79. The SMILES string of the molecule is Cc1cnc(CC(C)(C)C)nc1CCl. The molecule has 3 heteroatoms. The number of hydrogen-bond acceptors (Lipinski definition) is 2. The van der Waals surface area contributed by atoms with Crippen LogP contribution in [0, 0.1) is 12.3 Å². The normalized spacial score (nSPS) is 11.8. The minimum Gasteiger partial charge on any atom is -0.241 e. The van der Waals surface area contributed by atoms with E-state index in [-0.39, 0.29) is 5.41 Å². The molecule has 78 valence electrons. The average Bonchev–Trinajstić information content (AvgIpc) is 2.06. The van der Waals surface area contributed by atoms with Gasteiger partial charge in [0.25, 0.3) is 0 Å². The third kappa shape index (κ3) is 3.26. The highest BCUT2D eigenvalue weighted by Crippen LogP contribution is 2.19. The fourth-order valence-electron chi connectivity index (χ4n) is 1.21. The molecule has 0 amide bonds. The zero-order chi connectivity index (χ0) is 10.8. The predicted octanol–water partition coefficient (Wildman–Crippen LogP) is 3.11. The minimum absolute atomic E-state index is 0.221. The minimum atomic E-state index is 0.221. The Bertz CT molecular complexity index is 316. The van der Waals surface area contributed by atoms with Gasteiger partial charge in [-0.05, 0) is 17.9 Å². The van der Waals surface area contributed by atoms with Crippen LogP contribution in [-0.4, -0.2) is 9.97 Å². The molecule has 1 aromatic rings. The Hall–Kier alpha value is -0.630. The third-order valence-electron chi connectivity index (χ3n) is 1.94. The molecule has 0 aliphatic carbocycles. The lowest BCUT2D eigenvalue weighted by molar-refractivity contribution is 0.400. The first kappa shape index (κ1) is 11.4. The molecule has 0 aliphatic rings. The lowest BCUT2D eigenvalue weighted by atomic mass is 9.92. The zero-order valence-corrected chi connectivity index (χ0v) is 10.0. The molecule has 0 aromatic carbocycles. The van der Waals surface area contributed by atoms with Gasteiger partial charge in [0.2, 0.25) is 0 Å². The second kappa shape index (κ2) is 4.26. The van der Waals surface area contributed by atoms with Gasteiger partial charge in [0.15, 0.2) is 0 Å². The van der Waals surface area contributed by atoms with Gasteiger partial charge in [-0.1, -0.05) is 20.8 Å².